The highest BCUT2D eigenvalue weighted by molar-refractivity contribution is 5.80. The van der Waals surface area contributed by atoms with Crippen LogP contribution in [0.5, 0.6) is 0 Å². The molecule has 3 heteroatoms. The third kappa shape index (κ3) is 6.53. The molecule has 1 aliphatic rings. The number of rotatable bonds is 12. The molecule has 7 rings (SSSR count). The summed E-state index contributed by atoms with van der Waals surface area (Å²) < 4.78 is 14.9. The second-order valence-corrected chi connectivity index (χ2v) is 13.2. The zero-order chi connectivity index (χ0) is 33.4. The lowest BCUT2D eigenvalue weighted by Gasteiger charge is -2.44. The van der Waals surface area contributed by atoms with E-state index in [1.54, 1.807) is 0 Å². The van der Waals surface area contributed by atoms with E-state index >= 15 is 0 Å². The van der Waals surface area contributed by atoms with Gasteiger partial charge in [-0.15, -0.1) is 0 Å². The number of carbonyl (C=O) groups is 1. The molecule has 0 spiro atoms. The Balaban J connectivity index is 1.34. The van der Waals surface area contributed by atoms with Crippen LogP contribution < -0.4 is 0 Å². The van der Waals surface area contributed by atoms with Crippen molar-refractivity contribution in [1.82, 2.24) is 0 Å². The van der Waals surface area contributed by atoms with E-state index in [1.807, 2.05) is 36.4 Å². The normalized spacial score (nSPS) is 14.7. The minimum absolute atomic E-state index is 0.257. The fourth-order valence-corrected chi connectivity index (χ4v) is 7.60. The quantitative estimate of drug-likeness (QED) is 0.125. The smallest absolute Gasteiger partial charge is 0.143 e. The molecule has 1 fully saturated rings. The molecule has 1 aliphatic carbocycles. The summed E-state index contributed by atoms with van der Waals surface area (Å²) in [5.74, 6) is 0.257. The summed E-state index contributed by atoms with van der Waals surface area (Å²) in [6, 6.07) is 62.7. The van der Waals surface area contributed by atoms with E-state index in [9.17, 15) is 4.79 Å². The summed E-state index contributed by atoms with van der Waals surface area (Å²) in [6.45, 7) is 0.678. The average molecular weight is 643 g/mol. The van der Waals surface area contributed by atoms with Crippen LogP contribution in [0.25, 0.3) is 0 Å². The molecule has 0 aromatic heterocycles. The monoisotopic (exact) mass is 642 g/mol. The van der Waals surface area contributed by atoms with Gasteiger partial charge in [0.25, 0.3) is 0 Å². The van der Waals surface area contributed by atoms with Crippen LogP contribution in [0.2, 0.25) is 0 Å². The topological polar surface area (TPSA) is 35.5 Å². The zero-order valence-electron chi connectivity index (χ0n) is 27.8. The maximum absolute atomic E-state index is 13.4. The predicted octanol–water partition coefficient (Wildman–Crippen LogP) is 10.1. The van der Waals surface area contributed by atoms with Crippen molar-refractivity contribution in [1.29, 1.82) is 0 Å². The fourth-order valence-electron chi connectivity index (χ4n) is 7.60. The summed E-state index contributed by atoms with van der Waals surface area (Å²) in [5.41, 5.74) is 3.89. The number of Topliss-reactive ketones (excluding diaryl/α,β-unsaturated/α-hetero) is 1. The zero-order valence-corrected chi connectivity index (χ0v) is 27.8. The van der Waals surface area contributed by atoms with Crippen molar-refractivity contribution in [3.63, 3.8) is 0 Å². The first-order valence-electron chi connectivity index (χ1n) is 17.3. The Bertz CT molecular complexity index is 1580. The number of carbonyl (C=O) groups excluding carboxylic acids is 1. The largest absolute Gasteiger partial charge is 0.360 e. The van der Waals surface area contributed by atoms with Gasteiger partial charge in [0.1, 0.15) is 17.0 Å². The Morgan fingerprint density at radius 2 is 0.694 bits per heavy atom. The van der Waals surface area contributed by atoms with E-state index in [0.29, 0.717) is 26.1 Å². The van der Waals surface area contributed by atoms with Crippen LogP contribution in [0, 0.1) is 5.41 Å². The van der Waals surface area contributed by atoms with Crippen molar-refractivity contribution in [3.05, 3.63) is 215 Å². The van der Waals surface area contributed by atoms with Gasteiger partial charge in [0.05, 0.1) is 13.2 Å². The SMILES string of the molecule is O=C1CCCC(COC(c2ccccc2)(c2ccccc2)c2ccccc2)(COC(c2ccccc2)(c2ccccc2)c2ccccc2)C1. The minimum Gasteiger partial charge on any atom is -0.360 e. The number of ketones is 1. The Labute approximate surface area is 290 Å². The average Bonchev–Trinajstić information content (AvgIpc) is 3.18. The molecule has 0 atom stereocenters. The van der Waals surface area contributed by atoms with Crippen molar-refractivity contribution < 1.29 is 14.3 Å². The predicted molar refractivity (Wildman–Crippen MR) is 196 cm³/mol. The summed E-state index contributed by atoms with van der Waals surface area (Å²) in [4.78, 5) is 13.4. The van der Waals surface area contributed by atoms with Gasteiger partial charge < -0.3 is 9.47 Å². The van der Waals surface area contributed by atoms with Gasteiger partial charge in [0.15, 0.2) is 0 Å². The molecule has 0 heterocycles. The number of hydrogen-bond acceptors (Lipinski definition) is 3. The van der Waals surface area contributed by atoms with Gasteiger partial charge in [-0.05, 0) is 46.2 Å². The first-order chi connectivity index (χ1) is 24.1. The Morgan fingerprint density at radius 1 is 0.429 bits per heavy atom. The van der Waals surface area contributed by atoms with Gasteiger partial charge in [-0.25, -0.2) is 0 Å². The first-order valence-corrected chi connectivity index (χ1v) is 17.3. The molecule has 3 nitrogen and oxygen atoms in total. The molecule has 49 heavy (non-hydrogen) atoms. The molecule has 6 aromatic carbocycles. The van der Waals surface area contributed by atoms with Gasteiger partial charge in [0, 0.05) is 18.3 Å². The van der Waals surface area contributed by atoms with Gasteiger partial charge in [0.2, 0.25) is 0 Å². The lowest BCUT2D eigenvalue weighted by molar-refractivity contribution is -0.138. The lowest BCUT2D eigenvalue weighted by Crippen LogP contribution is -2.45. The van der Waals surface area contributed by atoms with Crippen LogP contribution in [0.4, 0.5) is 0 Å². The third-order valence-corrected chi connectivity index (χ3v) is 10.0. The Hall–Kier alpha value is -5.09. The maximum atomic E-state index is 13.4. The molecule has 0 N–H and O–H groups in total. The summed E-state index contributed by atoms with van der Waals surface area (Å²) in [7, 11) is 0. The van der Waals surface area contributed by atoms with Crippen LogP contribution in [-0.2, 0) is 25.5 Å². The van der Waals surface area contributed by atoms with Crippen molar-refractivity contribution in [3.8, 4) is 0 Å². The highest BCUT2D eigenvalue weighted by atomic mass is 16.5. The fraction of sp³-hybridized carbons (Fsp3) is 0.196. The Kier molecular flexibility index (Phi) is 9.65. The van der Waals surface area contributed by atoms with Crippen LogP contribution in [0.15, 0.2) is 182 Å². The molecule has 0 unspecified atom stereocenters. The van der Waals surface area contributed by atoms with E-state index in [1.165, 1.54) is 0 Å². The minimum atomic E-state index is -0.896. The maximum Gasteiger partial charge on any atom is 0.143 e. The van der Waals surface area contributed by atoms with E-state index in [-0.39, 0.29) is 5.78 Å². The van der Waals surface area contributed by atoms with Crippen LogP contribution in [-0.4, -0.2) is 19.0 Å². The molecule has 244 valence electrons. The molecule has 1 saturated carbocycles. The molecule has 0 amide bonds. The lowest BCUT2D eigenvalue weighted by atomic mass is 9.73. The number of hydrogen-bond donors (Lipinski definition) is 0. The first kappa shape index (κ1) is 32.5. The second kappa shape index (κ2) is 14.6. The highest BCUT2D eigenvalue weighted by Crippen LogP contribution is 2.47. The molecule has 0 saturated heterocycles. The molecular weight excluding hydrogens is 601 g/mol. The van der Waals surface area contributed by atoms with E-state index in [0.717, 1.165) is 46.2 Å². The van der Waals surface area contributed by atoms with Crippen molar-refractivity contribution in [2.24, 2.45) is 5.41 Å². The van der Waals surface area contributed by atoms with Crippen molar-refractivity contribution in [2.45, 2.75) is 36.9 Å². The second-order valence-electron chi connectivity index (χ2n) is 13.2. The Morgan fingerprint density at radius 3 is 0.939 bits per heavy atom. The van der Waals surface area contributed by atoms with Crippen molar-refractivity contribution >= 4 is 5.78 Å². The summed E-state index contributed by atoms with van der Waals surface area (Å²) >= 11 is 0. The van der Waals surface area contributed by atoms with Crippen LogP contribution >= 0.6 is 0 Å². The van der Waals surface area contributed by atoms with Gasteiger partial charge in [-0.2, -0.15) is 0 Å². The van der Waals surface area contributed by atoms with E-state index < -0.39 is 16.6 Å². The van der Waals surface area contributed by atoms with E-state index in [2.05, 4.69) is 146 Å². The number of ether oxygens (including phenoxy) is 2. The van der Waals surface area contributed by atoms with Gasteiger partial charge in [-0.3, -0.25) is 4.79 Å². The highest BCUT2D eigenvalue weighted by Gasteiger charge is 2.46. The third-order valence-electron chi connectivity index (χ3n) is 10.0. The summed E-state index contributed by atoms with van der Waals surface area (Å²) in [6.07, 6.45) is 2.61. The molecular formula is C46H42O3. The molecule has 0 radical (unpaired) electrons. The summed E-state index contributed by atoms with van der Waals surface area (Å²) in [5, 5.41) is 0. The molecule has 6 aromatic rings. The van der Waals surface area contributed by atoms with Gasteiger partial charge in [-0.1, -0.05) is 182 Å². The van der Waals surface area contributed by atoms with Crippen LogP contribution in [0.1, 0.15) is 59.1 Å². The standard InChI is InChI=1S/C46H42O3/c47-43-32-19-33-44(34-43,35-48-45(37-20-7-1-8-21-37,38-22-9-2-10-23-38)39-24-11-3-12-25-39)36-49-46(40-26-13-4-14-27-40,41-28-15-5-16-29-41)42-30-17-6-18-31-42/h1-18,20-31H,19,32-36H2. The van der Waals surface area contributed by atoms with Gasteiger partial charge >= 0.3 is 0 Å². The van der Waals surface area contributed by atoms with Crippen LogP contribution in [0.3, 0.4) is 0 Å². The molecule has 0 bridgehead atoms. The molecule has 0 aliphatic heterocycles. The van der Waals surface area contributed by atoms with Crippen molar-refractivity contribution in [2.75, 3.05) is 13.2 Å². The van der Waals surface area contributed by atoms with E-state index in [4.69, 9.17) is 9.47 Å². The number of benzene rings is 6.